The van der Waals surface area contributed by atoms with Gasteiger partial charge in [0, 0.05) is 39.1 Å². The molecule has 5 heteroatoms. The Balaban J connectivity index is 1.86. The number of aromatic nitrogens is 4. The van der Waals surface area contributed by atoms with Gasteiger partial charge in [-0.1, -0.05) is 6.92 Å². The van der Waals surface area contributed by atoms with Gasteiger partial charge in [0.05, 0.1) is 11.4 Å². The highest BCUT2D eigenvalue weighted by molar-refractivity contribution is 5.02. The average molecular weight is 233 g/mol. The Bertz CT molecular complexity index is 457. The van der Waals surface area contributed by atoms with Crippen molar-refractivity contribution < 1.29 is 0 Å². The van der Waals surface area contributed by atoms with Gasteiger partial charge in [0.1, 0.15) is 0 Å². The summed E-state index contributed by atoms with van der Waals surface area (Å²) < 4.78 is 3.94. The fourth-order valence-electron chi connectivity index (χ4n) is 1.82. The third kappa shape index (κ3) is 2.94. The standard InChI is InChI=1S/C12H19N5/c1-3-8-17-12(5-7-15-17)10-13-9-11-4-6-14-16(11)2/h4-7,13H,3,8-10H2,1-2H3. The molecule has 0 amide bonds. The molecule has 0 aliphatic carbocycles. The molecule has 0 radical (unpaired) electrons. The fourth-order valence-corrected chi connectivity index (χ4v) is 1.82. The summed E-state index contributed by atoms with van der Waals surface area (Å²) in [5.41, 5.74) is 2.42. The van der Waals surface area contributed by atoms with Gasteiger partial charge in [-0.25, -0.2) is 0 Å². The molecule has 0 fully saturated rings. The van der Waals surface area contributed by atoms with E-state index in [1.165, 1.54) is 11.4 Å². The van der Waals surface area contributed by atoms with Crippen molar-refractivity contribution in [2.45, 2.75) is 33.0 Å². The van der Waals surface area contributed by atoms with Crippen LogP contribution in [0.4, 0.5) is 0 Å². The molecule has 2 rings (SSSR count). The third-order valence-corrected chi connectivity index (χ3v) is 2.77. The summed E-state index contributed by atoms with van der Waals surface area (Å²) in [6, 6.07) is 4.09. The second kappa shape index (κ2) is 5.63. The molecule has 92 valence electrons. The smallest absolute Gasteiger partial charge is 0.0522 e. The van der Waals surface area contributed by atoms with Gasteiger partial charge in [-0.3, -0.25) is 9.36 Å². The van der Waals surface area contributed by atoms with Gasteiger partial charge in [0.25, 0.3) is 0 Å². The first kappa shape index (κ1) is 11.9. The molecule has 0 bridgehead atoms. The number of nitrogens with zero attached hydrogens (tertiary/aromatic N) is 4. The Morgan fingerprint density at radius 2 is 1.82 bits per heavy atom. The second-order valence-corrected chi connectivity index (χ2v) is 4.10. The molecule has 0 unspecified atom stereocenters. The molecule has 5 nitrogen and oxygen atoms in total. The largest absolute Gasteiger partial charge is 0.306 e. The predicted octanol–water partition coefficient (Wildman–Crippen LogP) is 1.32. The van der Waals surface area contributed by atoms with Crippen LogP contribution < -0.4 is 5.32 Å². The summed E-state index contributed by atoms with van der Waals surface area (Å²) >= 11 is 0. The first-order valence-corrected chi connectivity index (χ1v) is 5.99. The lowest BCUT2D eigenvalue weighted by Gasteiger charge is -2.07. The van der Waals surface area contributed by atoms with Crippen molar-refractivity contribution in [1.82, 2.24) is 24.9 Å². The van der Waals surface area contributed by atoms with Crippen LogP contribution in [-0.4, -0.2) is 19.6 Å². The van der Waals surface area contributed by atoms with Crippen LogP contribution in [0.5, 0.6) is 0 Å². The summed E-state index contributed by atoms with van der Waals surface area (Å²) in [7, 11) is 1.96. The van der Waals surface area contributed by atoms with Gasteiger partial charge < -0.3 is 5.32 Å². The Kier molecular flexibility index (Phi) is 3.93. The van der Waals surface area contributed by atoms with Crippen LogP contribution >= 0.6 is 0 Å². The predicted molar refractivity (Wildman–Crippen MR) is 66.3 cm³/mol. The third-order valence-electron chi connectivity index (χ3n) is 2.77. The number of hydrogen-bond acceptors (Lipinski definition) is 3. The number of nitrogens with one attached hydrogen (secondary N) is 1. The van der Waals surface area contributed by atoms with E-state index in [0.29, 0.717) is 0 Å². The monoisotopic (exact) mass is 233 g/mol. The Morgan fingerprint density at radius 3 is 2.53 bits per heavy atom. The van der Waals surface area contributed by atoms with Gasteiger partial charge in [0.2, 0.25) is 0 Å². The lowest BCUT2D eigenvalue weighted by molar-refractivity contribution is 0.542. The molecule has 0 aliphatic rings. The average Bonchev–Trinajstić information content (AvgIpc) is 2.90. The molecular formula is C12H19N5. The Hall–Kier alpha value is -1.62. The quantitative estimate of drug-likeness (QED) is 0.818. The minimum absolute atomic E-state index is 0.827. The van der Waals surface area contributed by atoms with E-state index in [-0.39, 0.29) is 0 Å². The topological polar surface area (TPSA) is 47.7 Å². The minimum atomic E-state index is 0.827. The van der Waals surface area contributed by atoms with Crippen LogP contribution in [0.25, 0.3) is 0 Å². The fraction of sp³-hybridized carbons (Fsp3) is 0.500. The van der Waals surface area contributed by atoms with Gasteiger partial charge in [-0.2, -0.15) is 10.2 Å². The molecule has 0 spiro atoms. The van der Waals surface area contributed by atoms with E-state index < -0.39 is 0 Å². The highest BCUT2D eigenvalue weighted by Gasteiger charge is 2.02. The van der Waals surface area contributed by atoms with Crippen LogP contribution in [0.3, 0.4) is 0 Å². The van der Waals surface area contributed by atoms with Crippen molar-refractivity contribution in [3.63, 3.8) is 0 Å². The van der Waals surface area contributed by atoms with E-state index in [1.807, 2.05) is 30.2 Å². The van der Waals surface area contributed by atoms with Crippen LogP contribution in [-0.2, 0) is 26.7 Å². The molecule has 0 aromatic carbocycles. The van der Waals surface area contributed by atoms with Crippen molar-refractivity contribution in [1.29, 1.82) is 0 Å². The van der Waals surface area contributed by atoms with Crippen molar-refractivity contribution >= 4 is 0 Å². The van der Waals surface area contributed by atoms with Crippen molar-refractivity contribution in [3.8, 4) is 0 Å². The molecule has 2 heterocycles. The lowest BCUT2D eigenvalue weighted by atomic mass is 10.3. The minimum Gasteiger partial charge on any atom is -0.306 e. The molecule has 0 saturated carbocycles. The van der Waals surface area contributed by atoms with E-state index in [1.54, 1.807) is 0 Å². The van der Waals surface area contributed by atoms with Crippen LogP contribution in [0, 0.1) is 0 Å². The molecule has 2 aromatic rings. The molecule has 1 N–H and O–H groups in total. The Labute approximate surface area is 101 Å². The van der Waals surface area contributed by atoms with Gasteiger partial charge in [-0.05, 0) is 18.6 Å². The maximum atomic E-state index is 4.30. The first-order valence-electron chi connectivity index (χ1n) is 5.99. The summed E-state index contributed by atoms with van der Waals surface area (Å²) in [4.78, 5) is 0. The lowest BCUT2D eigenvalue weighted by Crippen LogP contribution is -2.18. The molecular weight excluding hydrogens is 214 g/mol. The SMILES string of the molecule is CCCn1nccc1CNCc1ccnn1C. The van der Waals surface area contributed by atoms with E-state index in [4.69, 9.17) is 0 Å². The maximum Gasteiger partial charge on any atom is 0.0522 e. The summed E-state index contributed by atoms with van der Waals surface area (Å²) in [6.45, 7) is 4.81. The van der Waals surface area contributed by atoms with Crippen LogP contribution in [0.1, 0.15) is 24.7 Å². The molecule has 0 atom stereocenters. The highest BCUT2D eigenvalue weighted by Crippen LogP contribution is 2.01. The molecule has 0 aliphatic heterocycles. The van der Waals surface area contributed by atoms with E-state index in [9.17, 15) is 0 Å². The molecule has 17 heavy (non-hydrogen) atoms. The van der Waals surface area contributed by atoms with E-state index in [2.05, 4.69) is 33.2 Å². The van der Waals surface area contributed by atoms with Crippen molar-refractivity contribution in [2.24, 2.45) is 7.05 Å². The highest BCUT2D eigenvalue weighted by atomic mass is 15.3. The van der Waals surface area contributed by atoms with Crippen molar-refractivity contribution in [2.75, 3.05) is 0 Å². The van der Waals surface area contributed by atoms with Crippen LogP contribution in [0.2, 0.25) is 0 Å². The zero-order valence-electron chi connectivity index (χ0n) is 10.4. The van der Waals surface area contributed by atoms with Crippen LogP contribution in [0.15, 0.2) is 24.5 Å². The van der Waals surface area contributed by atoms with Gasteiger partial charge >= 0.3 is 0 Å². The van der Waals surface area contributed by atoms with Crippen molar-refractivity contribution in [3.05, 3.63) is 35.9 Å². The number of rotatable bonds is 6. The van der Waals surface area contributed by atoms with E-state index >= 15 is 0 Å². The van der Waals surface area contributed by atoms with Gasteiger partial charge in [-0.15, -0.1) is 0 Å². The molecule has 0 saturated heterocycles. The Morgan fingerprint density at radius 1 is 1.12 bits per heavy atom. The second-order valence-electron chi connectivity index (χ2n) is 4.10. The summed E-state index contributed by atoms with van der Waals surface area (Å²) in [6.07, 6.45) is 4.78. The summed E-state index contributed by atoms with van der Waals surface area (Å²) in [5.74, 6) is 0. The van der Waals surface area contributed by atoms with Gasteiger partial charge in [0.15, 0.2) is 0 Å². The summed E-state index contributed by atoms with van der Waals surface area (Å²) in [5, 5.41) is 11.8. The first-order chi connectivity index (χ1) is 8.31. The molecule has 2 aromatic heterocycles. The normalized spacial score (nSPS) is 10.9. The number of aryl methyl sites for hydroxylation is 2. The maximum absolute atomic E-state index is 4.30. The zero-order chi connectivity index (χ0) is 12.1. The number of hydrogen-bond donors (Lipinski definition) is 1. The zero-order valence-corrected chi connectivity index (χ0v) is 10.4. The van der Waals surface area contributed by atoms with E-state index in [0.717, 1.165) is 26.1 Å².